The van der Waals surface area contributed by atoms with Gasteiger partial charge in [0.2, 0.25) is 0 Å². The maximum atomic E-state index is 6.60. The molecule has 1 unspecified atom stereocenters. The zero-order valence-electron chi connectivity index (χ0n) is 5.72. The molecule has 0 fully saturated rings. The van der Waals surface area contributed by atoms with Gasteiger partial charge in [-0.1, -0.05) is 6.08 Å². The third-order valence-corrected chi connectivity index (χ3v) is 0.949. The fraction of sp³-hybridized carbons (Fsp3) is 0.667. The molecule has 0 amide bonds. The molecule has 0 aliphatic heterocycles. The Hall–Kier alpha value is -0.700. The minimum Gasteiger partial charge on any atom is -0.311 e. The van der Waals surface area contributed by atoms with Crippen LogP contribution < -0.4 is 5.32 Å². The van der Waals surface area contributed by atoms with Gasteiger partial charge in [0.25, 0.3) is 0 Å². The van der Waals surface area contributed by atoms with E-state index in [4.69, 9.17) is 5.53 Å². The van der Waals surface area contributed by atoms with Crippen molar-refractivity contribution >= 4 is 0 Å². The Kier molecular flexibility index (Phi) is 5.01. The van der Waals surface area contributed by atoms with Gasteiger partial charge in [-0.15, -0.1) is 6.58 Å². The lowest BCUT2D eigenvalue weighted by Gasteiger charge is -2.02. The Morgan fingerprint density at radius 3 is 3.00 bits per heavy atom. The predicted molar refractivity (Wildman–Crippen MR) is 37.7 cm³/mol. The average Bonchev–Trinajstić information content (AvgIpc) is 1.89. The third-order valence-electron chi connectivity index (χ3n) is 0.949. The minimum absolute atomic E-state index is 0.0879. The van der Waals surface area contributed by atoms with Crippen LogP contribution in [-0.4, -0.2) is 19.1 Å². The van der Waals surface area contributed by atoms with E-state index in [0.717, 1.165) is 13.1 Å². The maximum absolute atomic E-state index is 6.60. The number of hydrogen-bond donors (Lipinski definition) is 2. The summed E-state index contributed by atoms with van der Waals surface area (Å²) in [4.78, 5) is 0. The number of nitrogens with one attached hydrogen (secondary N) is 2. The third kappa shape index (κ3) is 5.17. The highest BCUT2D eigenvalue weighted by Crippen LogP contribution is 1.82. The van der Waals surface area contributed by atoms with Crippen molar-refractivity contribution in [1.82, 2.24) is 5.32 Å². The fourth-order valence-electron chi connectivity index (χ4n) is 0.440. The molecule has 0 saturated heterocycles. The molecule has 0 aliphatic rings. The Labute approximate surface area is 55.7 Å². The van der Waals surface area contributed by atoms with Crippen LogP contribution >= 0.6 is 0 Å². The van der Waals surface area contributed by atoms with Crippen molar-refractivity contribution in [1.29, 1.82) is 5.53 Å². The smallest absolute Gasteiger partial charge is 0.0801 e. The number of rotatable bonds is 5. The van der Waals surface area contributed by atoms with E-state index in [1.165, 1.54) is 0 Å². The largest absolute Gasteiger partial charge is 0.311 e. The molecule has 0 saturated carbocycles. The number of hydrogen-bond acceptors (Lipinski definition) is 3. The van der Waals surface area contributed by atoms with Crippen LogP contribution in [0.4, 0.5) is 0 Å². The van der Waals surface area contributed by atoms with Gasteiger partial charge in [0, 0.05) is 13.1 Å². The lowest BCUT2D eigenvalue weighted by Crippen LogP contribution is -2.22. The molecule has 0 heterocycles. The van der Waals surface area contributed by atoms with Crippen LogP contribution in [0.25, 0.3) is 0 Å². The molecule has 0 aromatic rings. The lowest BCUT2D eigenvalue weighted by atomic mass is 10.3. The highest BCUT2D eigenvalue weighted by molar-refractivity contribution is 4.71. The first-order chi connectivity index (χ1) is 4.31. The Balaban J connectivity index is 3.05. The van der Waals surface area contributed by atoms with Crippen molar-refractivity contribution in [2.24, 2.45) is 5.11 Å². The normalized spacial score (nSPS) is 12.6. The minimum atomic E-state index is 0.0879. The van der Waals surface area contributed by atoms with Crippen LogP contribution in [0.1, 0.15) is 6.92 Å². The average molecular weight is 127 g/mol. The maximum Gasteiger partial charge on any atom is 0.0801 e. The first-order valence-corrected chi connectivity index (χ1v) is 2.99. The van der Waals surface area contributed by atoms with E-state index in [9.17, 15) is 0 Å². The molecule has 1 atom stereocenters. The summed E-state index contributed by atoms with van der Waals surface area (Å²) in [5.74, 6) is 0. The lowest BCUT2D eigenvalue weighted by molar-refractivity contribution is 0.610. The SMILES string of the molecule is C=CCNCC(C)N=N. The first kappa shape index (κ1) is 8.30. The molecule has 9 heavy (non-hydrogen) atoms. The molecule has 0 spiro atoms. The second-order valence-corrected chi connectivity index (χ2v) is 1.93. The second-order valence-electron chi connectivity index (χ2n) is 1.93. The highest BCUT2D eigenvalue weighted by Gasteiger charge is 1.93. The molecular formula is C6H13N3. The monoisotopic (exact) mass is 127 g/mol. The molecule has 52 valence electrons. The van der Waals surface area contributed by atoms with Gasteiger partial charge in [-0.2, -0.15) is 5.11 Å². The van der Waals surface area contributed by atoms with Crippen LogP contribution in [0.2, 0.25) is 0 Å². The Bertz CT molecular complexity index is 90.3. The Morgan fingerprint density at radius 1 is 1.89 bits per heavy atom. The van der Waals surface area contributed by atoms with Crippen molar-refractivity contribution in [3.05, 3.63) is 12.7 Å². The van der Waals surface area contributed by atoms with Gasteiger partial charge < -0.3 is 5.32 Å². The van der Waals surface area contributed by atoms with Crippen molar-refractivity contribution in [3.8, 4) is 0 Å². The number of nitrogens with zero attached hydrogens (tertiary/aromatic N) is 1. The van der Waals surface area contributed by atoms with E-state index in [1.807, 2.05) is 6.92 Å². The van der Waals surface area contributed by atoms with Crippen molar-refractivity contribution in [2.75, 3.05) is 13.1 Å². The molecule has 0 aromatic heterocycles. The van der Waals surface area contributed by atoms with Gasteiger partial charge in [-0.3, -0.25) is 0 Å². The fourth-order valence-corrected chi connectivity index (χ4v) is 0.440. The summed E-state index contributed by atoms with van der Waals surface area (Å²) < 4.78 is 0. The topological polar surface area (TPSA) is 48.2 Å². The van der Waals surface area contributed by atoms with E-state index >= 15 is 0 Å². The molecule has 0 aliphatic carbocycles. The van der Waals surface area contributed by atoms with Gasteiger partial charge in [0.15, 0.2) is 0 Å². The van der Waals surface area contributed by atoms with Crippen LogP contribution in [0, 0.1) is 5.53 Å². The summed E-state index contributed by atoms with van der Waals surface area (Å²) in [6.45, 7) is 6.99. The molecule has 3 nitrogen and oxygen atoms in total. The van der Waals surface area contributed by atoms with Crippen LogP contribution in [0.5, 0.6) is 0 Å². The van der Waals surface area contributed by atoms with Gasteiger partial charge in [-0.25, -0.2) is 5.53 Å². The van der Waals surface area contributed by atoms with E-state index in [0.29, 0.717) is 0 Å². The molecule has 2 N–H and O–H groups in total. The summed E-state index contributed by atoms with van der Waals surface area (Å²) in [5, 5.41) is 6.37. The summed E-state index contributed by atoms with van der Waals surface area (Å²) in [6.07, 6.45) is 1.79. The highest BCUT2D eigenvalue weighted by atomic mass is 15.0. The Morgan fingerprint density at radius 2 is 2.56 bits per heavy atom. The zero-order chi connectivity index (χ0) is 7.11. The summed E-state index contributed by atoms with van der Waals surface area (Å²) in [6, 6.07) is 0.0879. The van der Waals surface area contributed by atoms with Crippen LogP contribution in [-0.2, 0) is 0 Å². The first-order valence-electron chi connectivity index (χ1n) is 2.99. The molecule has 0 aromatic carbocycles. The van der Waals surface area contributed by atoms with Gasteiger partial charge in [0.1, 0.15) is 0 Å². The summed E-state index contributed by atoms with van der Waals surface area (Å²) in [7, 11) is 0. The summed E-state index contributed by atoms with van der Waals surface area (Å²) >= 11 is 0. The van der Waals surface area contributed by atoms with E-state index < -0.39 is 0 Å². The van der Waals surface area contributed by atoms with Gasteiger partial charge in [0.05, 0.1) is 6.04 Å². The van der Waals surface area contributed by atoms with Gasteiger partial charge >= 0.3 is 0 Å². The van der Waals surface area contributed by atoms with Gasteiger partial charge in [-0.05, 0) is 6.92 Å². The van der Waals surface area contributed by atoms with Crippen LogP contribution in [0.15, 0.2) is 17.8 Å². The molecule has 0 rings (SSSR count). The second kappa shape index (κ2) is 5.44. The van der Waals surface area contributed by atoms with Crippen LogP contribution in [0.3, 0.4) is 0 Å². The standard InChI is InChI=1S/C6H13N3/c1-3-4-8-5-6(2)9-7/h3,6-8H,1,4-5H2,2H3. The quantitative estimate of drug-likeness (QED) is 0.325. The van der Waals surface area contributed by atoms with E-state index in [-0.39, 0.29) is 6.04 Å². The van der Waals surface area contributed by atoms with Crippen molar-refractivity contribution in [3.63, 3.8) is 0 Å². The van der Waals surface area contributed by atoms with Crippen molar-refractivity contribution < 1.29 is 0 Å². The van der Waals surface area contributed by atoms with E-state index in [1.54, 1.807) is 6.08 Å². The summed E-state index contributed by atoms with van der Waals surface area (Å²) in [5.41, 5.74) is 6.60. The molecule has 3 heteroatoms. The molecule has 0 radical (unpaired) electrons. The molecular weight excluding hydrogens is 114 g/mol. The van der Waals surface area contributed by atoms with E-state index in [2.05, 4.69) is 17.0 Å². The molecule has 0 bridgehead atoms. The predicted octanol–water partition coefficient (Wildman–Crippen LogP) is 1.18. The van der Waals surface area contributed by atoms with Crippen molar-refractivity contribution in [2.45, 2.75) is 13.0 Å². The zero-order valence-corrected chi connectivity index (χ0v) is 5.72.